The van der Waals surface area contributed by atoms with E-state index in [0.29, 0.717) is 57.7 Å². The molecule has 0 unspecified atom stereocenters. The third kappa shape index (κ3) is 6.38. The van der Waals surface area contributed by atoms with E-state index >= 15 is 0 Å². The Bertz CT molecular complexity index is 1300. The Morgan fingerprint density at radius 1 is 0.872 bits per heavy atom. The summed E-state index contributed by atoms with van der Waals surface area (Å²) in [6.07, 6.45) is 4.21. The highest BCUT2D eigenvalue weighted by Crippen LogP contribution is 2.73. The summed E-state index contributed by atoms with van der Waals surface area (Å²) < 4.78 is 18.1. The van der Waals surface area contributed by atoms with Crippen molar-refractivity contribution in [2.75, 3.05) is 6.61 Å². The fourth-order valence-corrected chi connectivity index (χ4v) is 22.3. The van der Waals surface area contributed by atoms with E-state index in [2.05, 4.69) is 170 Å². The molecule has 5 heteroatoms. The Morgan fingerprint density at radius 3 is 1.83 bits per heavy atom. The summed E-state index contributed by atoms with van der Waals surface area (Å²) in [5.41, 5.74) is 3.72. The zero-order valence-corrected chi connectivity index (χ0v) is 35.8. The van der Waals surface area contributed by atoms with E-state index in [4.69, 9.17) is 8.85 Å². The molecule has 0 bridgehead atoms. The van der Waals surface area contributed by atoms with E-state index in [9.17, 15) is 0 Å². The van der Waals surface area contributed by atoms with E-state index in [1.165, 1.54) is 29.6 Å². The lowest BCUT2D eigenvalue weighted by Crippen LogP contribution is -2.67. The first-order valence-electron chi connectivity index (χ1n) is 18.8. The van der Waals surface area contributed by atoms with Crippen LogP contribution >= 0.6 is 22.6 Å². The molecule has 8 atom stereocenters. The smallest absolute Gasteiger partial charge is 0.261 e. The summed E-state index contributed by atoms with van der Waals surface area (Å²) in [5.74, 6) is 3.69. The molecule has 0 aliphatic heterocycles. The minimum atomic E-state index is -2.66. The molecule has 3 saturated carbocycles. The predicted molar refractivity (Wildman–Crippen MR) is 216 cm³/mol. The maximum atomic E-state index is 7.87. The number of hydrogen-bond donors (Lipinski definition) is 0. The number of rotatable bonds is 11. The zero-order valence-electron chi connectivity index (χ0n) is 31.6. The van der Waals surface area contributed by atoms with Gasteiger partial charge in [0.15, 0.2) is 0 Å². The van der Waals surface area contributed by atoms with Gasteiger partial charge in [-0.15, -0.1) is 0 Å². The Kier molecular flexibility index (Phi) is 11.3. The van der Waals surface area contributed by atoms with Crippen LogP contribution in [-0.2, 0) is 8.85 Å². The molecule has 5 rings (SSSR count). The van der Waals surface area contributed by atoms with Gasteiger partial charge in [-0.05, 0) is 103 Å². The van der Waals surface area contributed by atoms with Crippen molar-refractivity contribution in [3.63, 3.8) is 0 Å². The Hall–Kier alpha value is -0.736. The quantitative estimate of drug-likeness (QED) is 0.167. The molecule has 3 aliphatic rings. The largest absolute Gasteiger partial charge is 0.413 e. The molecule has 260 valence electrons. The topological polar surface area (TPSA) is 18.5 Å². The van der Waals surface area contributed by atoms with Crippen molar-refractivity contribution in [2.24, 2.45) is 40.9 Å². The highest BCUT2D eigenvalue weighted by molar-refractivity contribution is 14.1. The summed E-state index contributed by atoms with van der Waals surface area (Å²) in [6.45, 7) is 30.5. The zero-order chi connectivity index (χ0) is 34.5. The highest BCUT2D eigenvalue weighted by atomic mass is 127. The standard InChI is InChI=1S/C42H65IO2Si2/c1-28(2)46(29(3)4,30(5)6)45-37-24-23-31(7)38-35(40(32(8)26-43)42(12)25-36(42)39(37)38)27-44-47(41(9,10)11,33-19-15-13-16-20-33)34-21-17-14-18-22-34/h13-22,26,28-31,35-40H,23-25,27H2,1-12H3/t31-,35-,36+,37-,38-,39-,40-,42+/m0/s1. The predicted octanol–water partition coefficient (Wildman–Crippen LogP) is 11.4. The van der Waals surface area contributed by atoms with Crippen molar-refractivity contribution in [1.82, 2.24) is 0 Å². The van der Waals surface area contributed by atoms with Gasteiger partial charge in [-0.3, -0.25) is 0 Å². The molecule has 0 amide bonds. The first kappa shape index (κ1) is 37.5. The molecule has 47 heavy (non-hydrogen) atoms. The van der Waals surface area contributed by atoms with Crippen molar-refractivity contribution in [3.8, 4) is 0 Å². The third-order valence-electron chi connectivity index (χ3n) is 13.5. The van der Waals surface area contributed by atoms with Gasteiger partial charge < -0.3 is 8.85 Å². The van der Waals surface area contributed by atoms with Crippen LogP contribution in [0.1, 0.15) is 102 Å². The summed E-state index contributed by atoms with van der Waals surface area (Å²) in [4.78, 5) is 0. The minimum Gasteiger partial charge on any atom is -0.413 e. The number of halogens is 1. The van der Waals surface area contributed by atoms with E-state index in [0.717, 1.165) is 12.5 Å². The molecule has 0 spiro atoms. The molecule has 3 aliphatic carbocycles. The maximum absolute atomic E-state index is 7.87. The van der Waals surface area contributed by atoms with E-state index in [-0.39, 0.29) is 5.04 Å². The van der Waals surface area contributed by atoms with Gasteiger partial charge in [-0.25, -0.2) is 0 Å². The minimum absolute atomic E-state index is 0.0275. The van der Waals surface area contributed by atoms with Crippen LogP contribution in [0.15, 0.2) is 70.3 Å². The number of allylic oxidation sites excluding steroid dienone is 1. The van der Waals surface area contributed by atoms with Crippen LogP contribution in [0.5, 0.6) is 0 Å². The van der Waals surface area contributed by atoms with Crippen LogP contribution in [0.25, 0.3) is 0 Å². The van der Waals surface area contributed by atoms with Gasteiger partial charge in [-0.1, -0.05) is 165 Å². The molecular weight excluding hydrogens is 720 g/mol. The summed E-state index contributed by atoms with van der Waals surface area (Å²) >= 11 is 2.52. The molecule has 0 N–H and O–H groups in total. The molecule has 0 saturated heterocycles. The second-order valence-electron chi connectivity index (χ2n) is 18.0. The number of benzene rings is 2. The lowest BCUT2D eigenvalue weighted by molar-refractivity contribution is -0.0845. The molecule has 0 aromatic heterocycles. The fourth-order valence-electron chi connectivity index (χ4n) is 11.7. The Morgan fingerprint density at radius 2 is 1.38 bits per heavy atom. The summed E-state index contributed by atoms with van der Waals surface area (Å²) in [7, 11) is -4.68. The van der Waals surface area contributed by atoms with E-state index in [1.807, 2.05) is 0 Å². The average molecular weight is 785 g/mol. The highest BCUT2D eigenvalue weighted by Gasteiger charge is 2.69. The van der Waals surface area contributed by atoms with Gasteiger partial charge in [0.2, 0.25) is 8.32 Å². The average Bonchev–Trinajstić information content (AvgIpc) is 3.72. The summed E-state index contributed by atoms with van der Waals surface area (Å²) in [6, 6.07) is 22.6. The van der Waals surface area contributed by atoms with Crippen LogP contribution in [0.2, 0.25) is 21.7 Å². The Labute approximate surface area is 304 Å². The number of hydrogen-bond acceptors (Lipinski definition) is 2. The second-order valence-corrected chi connectivity index (χ2v) is 28.3. The van der Waals surface area contributed by atoms with Crippen molar-refractivity contribution >= 4 is 49.6 Å². The van der Waals surface area contributed by atoms with Gasteiger partial charge in [0.25, 0.3) is 8.32 Å². The molecular formula is C42H65IO2Si2. The van der Waals surface area contributed by atoms with Crippen molar-refractivity contribution in [1.29, 1.82) is 0 Å². The Balaban J connectivity index is 1.61. The first-order valence-corrected chi connectivity index (χ1v) is 24.1. The summed E-state index contributed by atoms with van der Waals surface area (Å²) in [5, 5.41) is 2.75. The van der Waals surface area contributed by atoms with Crippen LogP contribution in [0, 0.1) is 40.9 Å². The normalized spacial score (nSPS) is 31.7. The molecule has 2 nitrogen and oxygen atoms in total. The van der Waals surface area contributed by atoms with Crippen LogP contribution in [-0.4, -0.2) is 29.3 Å². The lowest BCUT2D eigenvalue weighted by Gasteiger charge is -2.57. The van der Waals surface area contributed by atoms with Crippen LogP contribution in [0.4, 0.5) is 0 Å². The molecule has 0 heterocycles. The second kappa shape index (κ2) is 14.1. The fraction of sp³-hybridized carbons (Fsp3) is 0.667. The van der Waals surface area contributed by atoms with Crippen LogP contribution in [0.3, 0.4) is 0 Å². The van der Waals surface area contributed by atoms with E-state index in [1.54, 1.807) is 5.57 Å². The van der Waals surface area contributed by atoms with Crippen molar-refractivity contribution in [2.45, 2.75) is 130 Å². The number of fused-ring (bicyclic) bond motifs is 3. The monoisotopic (exact) mass is 784 g/mol. The third-order valence-corrected chi connectivity index (χ3v) is 25.6. The molecule has 2 aromatic rings. The van der Waals surface area contributed by atoms with Gasteiger partial charge in [0.1, 0.15) is 0 Å². The van der Waals surface area contributed by atoms with Crippen molar-refractivity contribution < 1.29 is 8.85 Å². The van der Waals surface area contributed by atoms with Gasteiger partial charge in [0.05, 0.1) is 0 Å². The SMILES string of the molecule is CC(=CI)[C@H]1[C@@H](CO[Si](c2ccccc2)(c2ccccc2)C(C)(C)C)[C@H]2[C@H]([C@@H](O[Si](C(C)C)(C(C)C)C(C)C)CC[C@@H]2C)[C@H]2C[C@]21C. The van der Waals surface area contributed by atoms with Gasteiger partial charge in [0, 0.05) is 12.7 Å². The van der Waals surface area contributed by atoms with E-state index < -0.39 is 16.6 Å². The first-order chi connectivity index (χ1) is 22.1. The van der Waals surface area contributed by atoms with Gasteiger partial charge in [-0.2, -0.15) is 0 Å². The molecule has 3 fully saturated rings. The van der Waals surface area contributed by atoms with Crippen LogP contribution < -0.4 is 10.4 Å². The lowest BCUT2D eigenvalue weighted by atomic mass is 9.54. The molecule has 2 aromatic carbocycles. The van der Waals surface area contributed by atoms with Crippen molar-refractivity contribution in [3.05, 3.63) is 70.3 Å². The van der Waals surface area contributed by atoms with Gasteiger partial charge >= 0.3 is 0 Å². The molecule has 0 radical (unpaired) electrons. The maximum Gasteiger partial charge on any atom is 0.261 e.